The van der Waals surface area contributed by atoms with Crippen molar-refractivity contribution in [2.45, 2.75) is 12.5 Å². The van der Waals surface area contributed by atoms with Gasteiger partial charge in [0, 0.05) is 7.11 Å². The van der Waals surface area contributed by atoms with Crippen molar-refractivity contribution < 1.29 is 19.4 Å². The molecular weight excluding hydrogens is 290 g/mol. The van der Waals surface area contributed by atoms with Crippen molar-refractivity contribution in [2.24, 2.45) is 0 Å². The molecule has 1 atom stereocenters. The Morgan fingerprint density at radius 1 is 1.36 bits per heavy atom. The third-order valence-corrected chi connectivity index (χ3v) is 2.96. The van der Waals surface area contributed by atoms with Crippen molar-refractivity contribution >= 4 is 11.9 Å². The summed E-state index contributed by atoms with van der Waals surface area (Å²) < 4.78 is 6.23. The number of hydrogen-bond acceptors (Lipinski definition) is 6. The summed E-state index contributed by atoms with van der Waals surface area (Å²) in [5.74, 6) is -1.40. The Bertz CT molecular complexity index is 626. The molecule has 0 saturated carbocycles. The number of hydrogen-bond donors (Lipinski definition) is 2. The SMILES string of the molecule is COC(CNC(=O)Cc1ccc(-n2cnnn2)cc1)C(=O)O. The Labute approximate surface area is 125 Å². The van der Waals surface area contributed by atoms with E-state index in [1.807, 2.05) is 0 Å². The van der Waals surface area contributed by atoms with Gasteiger partial charge in [0.25, 0.3) is 0 Å². The fraction of sp³-hybridized carbons (Fsp3) is 0.308. The average molecular weight is 305 g/mol. The predicted molar refractivity (Wildman–Crippen MR) is 74.3 cm³/mol. The van der Waals surface area contributed by atoms with E-state index in [4.69, 9.17) is 9.84 Å². The maximum absolute atomic E-state index is 11.8. The van der Waals surface area contributed by atoms with Crippen LogP contribution in [-0.4, -0.2) is 56.9 Å². The topological polar surface area (TPSA) is 119 Å². The van der Waals surface area contributed by atoms with Gasteiger partial charge >= 0.3 is 5.97 Å². The van der Waals surface area contributed by atoms with Crippen molar-refractivity contribution in [1.29, 1.82) is 0 Å². The van der Waals surface area contributed by atoms with Crippen molar-refractivity contribution in [3.63, 3.8) is 0 Å². The fourth-order valence-corrected chi connectivity index (χ4v) is 1.77. The first-order valence-electron chi connectivity index (χ1n) is 6.44. The molecule has 0 spiro atoms. The van der Waals surface area contributed by atoms with Crippen LogP contribution in [0.3, 0.4) is 0 Å². The lowest BCUT2D eigenvalue weighted by molar-refractivity contribution is -0.148. The quantitative estimate of drug-likeness (QED) is 0.702. The molecule has 0 bridgehead atoms. The molecule has 22 heavy (non-hydrogen) atoms. The summed E-state index contributed by atoms with van der Waals surface area (Å²) in [6, 6.07) is 7.13. The summed E-state index contributed by atoms with van der Waals surface area (Å²) >= 11 is 0. The molecule has 116 valence electrons. The van der Waals surface area contributed by atoms with Crippen molar-refractivity contribution in [3.8, 4) is 5.69 Å². The predicted octanol–water partition coefficient (Wildman–Crippen LogP) is -0.579. The highest BCUT2D eigenvalue weighted by Gasteiger charge is 2.17. The molecule has 0 aliphatic heterocycles. The maximum atomic E-state index is 11.8. The number of tetrazole rings is 1. The van der Waals surface area contributed by atoms with Crippen LogP contribution in [-0.2, 0) is 20.7 Å². The van der Waals surface area contributed by atoms with Gasteiger partial charge in [-0.25, -0.2) is 9.48 Å². The molecule has 2 rings (SSSR count). The molecule has 9 nitrogen and oxygen atoms in total. The van der Waals surface area contributed by atoms with Crippen molar-refractivity contribution in [1.82, 2.24) is 25.5 Å². The number of amides is 1. The maximum Gasteiger partial charge on any atom is 0.334 e. The molecule has 9 heteroatoms. The van der Waals surface area contributed by atoms with Gasteiger partial charge in [0.2, 0.25) is 5.91 Å². The van der Waals surface area contributed by atoms with Crippen LogP contribution in [0.4, 0.5) is 0 Å². The molecule has 1 heterocycles. The number of carbonyl (C=O) groups is 2. The highest BCUT2D eigenvalue weighted by Crippen LogP contribution is 2.08. The first-order valence-corrected chi connectivity index (χ1v) is 6.44. The van der Waals surface area contributed by atoms with E-state index in [9.17, 15) is 9.59 Å². The number of aromatic nitrogens is 4. The van der Waals surface area contributed by atoms with E-state index in [0.29, 0.717) is 0 Å². The Morgan fingerprint density at radius 3 is 2.64 bits per heavy atom. The van der Waals surface area contributed by atoms with E-state index in [1.165, 1.54) is 18.1 Å². The minimum absolute atomic E-state index is 0.0760. The molecule has 2 aromatic rings. The van der Waals surface area contributed by atoms with Crippen LogP contribution in [0.25, 0.3) is 5.69 Å². The van der Waals surface area contributed by atoms with E-state index in [1.54, 1.807) is 24.3 Å². The summed E-state index contributed by atoms with van der Waals surface area (Å²) in [6.45, 7) is -0.0760. The van der Waals surface area contributed by atoms with Crippen LogP contribution in [0.1, 0.15) is 5.56 Å². The first-order chi connectivity index (χ1) is 10.6. The van der Waals surface area contributed by atoms with E-state index in [0.717, 1.165) is 11.3 Å². The third kappa shape index (κ3) is 4.09. The molecule has 0 aliphatic rings. The summed E-state index contributed by atoms with van der Waals surface area (Å²) in [5, 5.41) is 22.2. The van der Waals surface area contributed by atoms with Crippen LogP contribution in [0.2, 0.25) is 0 Å². The zero-order chi connectivity index (χ0) is 15.9. The van der Waals surface area contributed by atoms with Gasteiger partial charge in [-0.2, -0.15) is 0 Å². The normalized spacial score (nSPS) is 11.9. The summed E-state index contributed by atoms with van der Waals surface area (Å²) in [6.07, 6.45) is 0.566. The molecule has 2 N–H and O–H groups in total. The summed E-state index contributed by atoms with van der Waals surface area (Å²) in [7, 11) is 1.28. The van der Waals surface area contributed by atoms with Gasteiger partial charge in [-0.05, 0) is 28.1 Å². The second-order valence-electron chi connectivity index (χ2n) is 4.46. The third-order valence-electron chi connectivity index (χ3n) is 2.96. The first kappa shape index (κ1) is 15.6. The molecule has 0 saturated heterocycles. The van der Waals surface area contributed by atoms with Gasteiger partial charge in [0.1, 0.15) is 6.33 Å². The van der Waals surface area contributed by atoms with Crippen LogP contribution in [0.5, 0.6) is 0 Å². The molecular formula is C13H15N5O4. The van der Waals surface area contributed by atoms with E-state index >= 15 is 0 Å². The Kier molecular flexibility index (Phi) is 5.15. The standard InChI is InChI=1S/C13H15N5O4/c1-22-11(13(20)21)7-14-12(19)6-9-2-4-10(5-3-9)18-8-15-16-17-18/h2-5,8,11H,6-7H2,1H3,(H,14,19)(H,20,21). The highest BCUT2D eigenvalue weighted by molar-refractivity contribution is 5.80. The van der Waals surface area contributed by atoms with Gasteiger partial charge in [-0.1, -0.05) is 12.1 Å². The highest BCUT2D eigenvalue weighted by atomic mass is 16.5. The second kappa shape index (κ2) is 7.27. The number of nitrogens with zero attached hydrogens (tertiary/aromatic N) is 4. The molecule has 0 fully saturated rings. The van der Waals surface area contributed by atoms with E-state index < -0.39 is 12.1 Å². The molecule has 0 radical (unpaired) electrons. The monoisotopic (exact) mass is 305 g/mol. The van der Waals surface area contributed by atoms with Gasteiger partial charge in [-0.15, -0.1) is 5.10 Å². The lowest BCUT2D eigenvalue weighted by Gasteiger charge is -2.11. The number of carboxylic acids is 1. The van der Waals surface area contributed by atoms with E-state index in [2.05, 4.69) is 20.8 Å². The summed E-state index contributed by atoms with van der Waals surface area (Å²) in [5.41, 5.74) is 1.57. The number of ether oxygens (including phenoxy) is 1. The molecule has 1 unspecified atom stereocenters. The largest absolute Gasteiger partial charge is 0.479 e. The molecule has 1 amide bonds. The van der Waals surface area contributed by atoms with Gasteiger partial charge in [0.15, 0.2) is 6.10 Å². The number of aliphatic carboxylic acids is 1. The van der Waals surface area contributed by atoms with Crippen molar-refractivity contribution in [2.75, 3.05) is 13.7 Å². The van der Waals surface area contributed by atoms with Crippen LogP contribution < -0.4 is 5.32 Å². The van der Waals surface area contributed by atoms with Crippen molar-refractivity contribution in [3.05, 3.63) is 36.2 Å². The van der Waals surface area contributed by atoms with Gasteiger partial charge in [0.05, 0.1) is 18.7 Å². The molecule has 0 aliphatic carbocycles. The summed E-state index contributed by atoms with van der Waals surface area (Å²) in [4.78, 5) is 22.5. The number of carbonyl (C=O) groups excluding carboxylic acids is 1. The smallest absolute Gasteiger partial charge is 0.334 e. The van der Waals surface area contributed by atoms with Gasteiger partial charge < -0.3 is 15.2 Å². The molecule has 1 aromatic heterocycles. The lowest BCUT2D eigenvalue weighted by Crippen LogP contribution is -2.38. The number of rotatable bonds is 7. The Hall–Kier alpha value is -2.81. The van der Waals surface area contributed by atoms with Gasteiger partial charge in [-0.3, -0.25) is 4.79 Å². The lowest BCUT2D eigenvalue weighted by atomic mass is 10.1. The minimum Gasteiger partial charge on any atom is -0.479 e. The zero-order valence-corrected chi connectivity index (χ0v) is 11.8. The number of carboxylic acid groups (broad SMARTS) is 1. The van der Waals surface area contributed by atoms with Crippen LogP contribution in [0.15, 0.2) is 30.6 Å². The Balaban J connectivity index is 1.88. The number of methoxy groups -OCH3 is 1. The van der Waals surface area contributed by atoms with Crippen LogP contribution in [0, 0.1) is 0 Å². The zero-order valence-electron chi connectivity index (χ0n) is 11.8. The Morgan fingerprint density at radius 2 is 2.09 bits per heavy atom. The average Bonchev–Trinajstić information content (AvgIpc) is 3.02. The number of benzene rings is 1. The second-order valence-corrected chi connectivity index (χ2v) is 4.46. The van der Waals surface area contributed by atoms with Crippen LogP contribution >= 0.6 is 0 Å². The molecule has 1 aromatic carbocycles. The minimum atomic E-state index is -1.12. The fourth-order valence-electron chi connectivity index (χ4n) is 1.77. The van der Waals surface area contributed by atoms with E-state index in [-0.39, 0.29) is 18.9 Å². The number of nitrogens with one attached hydrogen (secondary N) is 1.